The molecular formula is C11H25NO2. The third-order valence-electron chi connectivity index (χ3n) is 2.47. The Morgan fingerprint density at radius 3 is 1.93 bits per heavy atom. The Labute approximate surface area is 87.5 Å². The highest BCUT2D eigenvalue weighted by Crippen LogP contribution is 2.10. The highest BCUT2D eigenvalue weighted by atomic mass is 16.3. The Morgan fingerprint density at radius 1 is 1.07 bits per heavy atom. The van der Waals surface area contributed by atoms with Crippen molar-refractivity contribution in [2.75, 3.05) is 13.2 Å². The molecule has 86 valence electrons. The maximum absolute atomic E-state index is 9.09. The SMILES string of the molecule is CC(C)CCC(C)NC(C)(CO)CO. The van der Waals surface area contributed by atoms with Crippen molar-refractivity contribution in [1.29, 1.82) is 0 Å². The van der Waals surface area contributed by atoms with Crippen molar-refractivity contribution >= 4 is 0 Å². The average molecular weight is 203 g/mol. The third kappa shape index (κ3) is 5.58. The molecule has 0 amide bonds. The predicted molar refractivity (Wildman–Crippen MR) is 59.2 cm³/mol. The van der Waals surface area contributed by atoms with Gasteiger partial charge in [0.25, 0.3) is 0 Å². The fourth-order valence-corrected chi connectivity index (χ4v) is 1.39. The minimum atomic E-state index is -0.545. The Morgan fingerprint density at radius 2 is 1.57 bits per heavy atom. The minimum Gasteiger partial charge on any atom is -0.394 e. The van der Waals surface area contributed by atoms with Crippen LogP contribution in [0, 0.1) is 5.92 Å². The highest BCUT2D eigenvalue weighted by molar-refractivity contribution is 4.84. The van der Waals surface area contributed by atoms with E-state index in [-0.39, 0.29) is 13.2 Å². The van der Waals surface area contributed by atoms with Gasteiger partial charge in [0.2, 0.25) is 0 Å². The third-order valence-corrected chi connectivity index (χ3v) is 2.47. The van der Waals surface area contributed by atoms with Gasteiger partial charge >= 0.3 is 0 Å². The monoisotopic (exact) mass is 203 g/mol. The van der Waals surface area contributed by atoms with Crippen molar-refractivity contribution in [1.82, 2.24) is 5.32 Å². The Hall–Kier alpha value is -0.120. The first-order valence-corrected chi connectivity index (χ1v) is 5.43. The van der Waals surface area contributed by atoms with E-state index in [4.69, 9.17) is 10.2 Å². The number of rotatable bonds is 7. The summed E-state index contributed by atoms with van der Waals surface area (Å²) in [6.45, 7) is 8.25. The zero-order valence-electron chi connectivity index (χ0n) is 9.88. The van der Waals surface area contributed by atoms with Gasteiger partial charge in [0.1, 0.15) is 0 Å². The molecule has 0 aromatic rings. The van der Waals surface area contributed by atoms with Gasteiger partial charge in [-0.3, -0.25) is 0 Å². The molecule has 3 nitrogen and oxygen atoms in total. The topological polar surface area (TPSA) is 52.5 Å². The normalized spacial score (nSPS) is 14.8. The van der Waals surface area contributed by atoms with Gasteiger partial charge in [-0.2, -0.15) is 0 Å². The van der Waals surface area contributed by atoms with Gasteiger partial charge in [0.05, 0.1) is 18.8 Å². The van der Waals surface area contributed by atoms with E-state index < -0.39 is 5.54 Å². The second-order valence-electron chi connectivity index (χ2n) is 4.89. The summed E-state index contributed by atoms with van der Waals surface area (Å²) in [6.07, 6.45) is 2.24. The summed E-state index contributed by atoms with van der Waals surface area (Å²) >= 11 is 0. The summed E-state index contributed by atoms with van der Waals surface area (Å²) < 4.78 is 0. The van der Waals surface area contributed by atoms with E-state index in [9.17, 15) is 0 Å². The molecule has 0 bridgehead atoms. The number of hydrogen-bond donors (Lipinski definition) is 3. The molecular weight excluding hydrogens is 178 g/mol. The van der Waals surface area contributed by atoms with E-state index in [1.807, 2.05) is 6.92 Å². The predicted octanol–water partition coefficient (Wildman–Crippen LogP) is 1.14. The lowest BCUT2D eigenvalue weighted by molar-refractivity contribution is 0.0940. The summed E-state index contributed by atoms with van der Waals surface area (Å²) in [6, 6.07) is 0.335. The standard InChI is InChI=1S/C11H25NO2/c1-9(2)5-6-10(3)12-11(4,7-13)8-14/h9-10,12-14H,5-8H2,1-4H3. The largest absolute Gasteiger partial charge is 0.394 e. The van der Waals surface area contributed by atoms with Crippen molar-refractivity contribution in [3.8, 4) is 0 Å². The van der Waals surface area contributed by atoms with Gasteiger partial charge in [-0.25, -0.2) is 0 Å². The molecule has 0 radical (unpaired) electrons. The zero-order valence-corrected chi connectivity index (χ0v) is 9.88. The molecule has 0 saturated carbocycles. The molecule has 0 aliphatic carbocycles. The van der Waals surface area contributed by atoms with Crippen LogP contribution in [-0.4, -0.2) is 35.0 Å². The van der Waals surface area contributed by atoms with Crippen LogP contribution in [0.15, 0.2) is 0 Å². The average Bonchev–Trinajstić information content (AvgIpc) is 2.14. The summed E-state index contributed by atoms with van der Waals surface area (Å²) in [5, 5.41) is 21.4. The second-order valence-corrected chi connectivity index (χ2v) is 4.89. The molecule has 1 unspecified atom stereocenters. The molecule has 0 heterocycles. The fourth-order valence-electron chi connectivity index (χ4n) is 1.39. The molecule has 0 spiro atoms. The first-order valence-electron chi connectivity index (χ1n) is 5.43. The van der Waals surface area contributed by atoms with Crippen molar-refractivity contribution in [2.45, 2.75) is 52.1 Å². The van der Waals surface area contributed by atoms with Crippen LogP contribution in [0.3, 0.4) is 0 Å². The first kappa shape index (κ1) is 13.9. The smallest absolute Gasteiger partial charge is 0.0633 e. The van der Waals surface area contributed by atoms with Crippen LogP contribution in [0.1, 0.15) is 40.5 Å². The van der Waals surface area contributed by atoms with Gasteiger partial charge < -0.3 is 15.5 Å². The first-order chi connectivity index (χ1) is 6.43. The second kappa shape index (κ2) is 6.38. The molecule has 0 aliphatic rings. The van der Waals surface area contributed by atoms with Gasteiger partial charge in [-0.05, 0) is 32.6 Å². The quantitative estimate of drug-likeness (QED) is 0.581. The molecule has 3 heteroatoms. The number of aliphatic hydroxyl groups excluding tert-OH is 2. The van der Waals surface area contributed by atoms with Crippen LogP contribution in [0.2, 0.25) is 0 Å². The summed E-state index contributed by atoms with van der Waals surface area (Å²) in [5.41, 5.74) is -0.545. The molecule has 14 heavy (non-hydrogen) atoms. The lowest BCUT2D eigenvalue weighted by Gasteiger charge is -2.30. The molecule has 0 aliphatic heterocycles. The van der Waals surface area contributed by atoms with Gasteiger partial charge in [-0.1, -0.05) is 13.8 Å². The number of hydrogen-bond acceptors (Lipinski definition) is 3. The summed E-state index contributed by atoms with van der Waals surface area (Å²) in [7, 11) is 0. The van der Waals surface area contributed by atoms with Gasteiger partial charge in [-0.15, -0.1) is 0 Å². The van der Waals surface area contributed by atoms with Crippen LogP contribution < -0.4 is 5.32 Å². The maximum Gasteiger partial charge on any atom is 0.0633 e. The van der Waals surface area contributed by atoms with Crippen molar-refractivity contribution < 1.29 is 10.2 Å². The van der Waals surface area contributed by atoms with E-state index in [0.29, 0.717) is 12.0 Å². The van der Waals surface area contributed by atoms with Crippen molar-refractivity contribution in [3.63, 3.8) is 0 Å². The minimum absolute atomic E-state index is 0.0322. The molecule has 0 rings (SSSR count). The van der Waals surface area contributed by atoms with E-state index in [0.717, 1.165) is 6.42 Å². The molecule has 3 N–H and O–H groups in total. The fraction of sp³-hybridized carbons (Fsp3) is 1.00. The molecule has 1 atom stereocenters. The highest BCUT2D eigenvalue weighted by Gasteiger charge is 2.23. The van der Waals surface area contributed by atoms with Crippen molar-refractivity contribution in [2.24, 2.45) is 5.92 Å². The van der Waals surface area contributed by atoms with Crippen LogP contribution in [0.25, 0.3) is 0 Å². The van der Waals surface area contributed by atoms with Crippen molar-refractivity contribution in [3.05, 3.63) is 0 Å². The van der Waals surface area contributed by atoms with Gasteiger partial charge in [0, 0.05) is 6.04 Å². The number of nitrogens with one attached hydrogen (secondary N) is 1. The zero-order chi connectivity index (χ0) is 11.2. The van der Waals surface area contributed by atoms with Crippen LogP contribution in [-0.2, 0) is 0 Å². The lowest BCUT2D eigenvalue weighted by Crippen LogP contribution is -2.52. The molecule has 0 fully saturated rings. The van der Waals surface area contributed by atoms with E-state index >= 15 is 0 Å². The van der Waals surface area contributed by atoms with Crippen LogP contribution >= 0.6 is 0 Å². The Kier molecular flexibility index (Phi) is 6.33. The molecule has 0 aromatic heterocycles. The molecule has 0 saturated heterocycles. The van der Waals surface area contributed by atoms with E-state index in [1.165, 1.54) is 6.42 Å². The summed E-state index contributed by atoms with van der Waals surface area (Å²) in [5.74, 6) is 0.703. The van der Waals surface area contributed by atoms with E-state index in [2.05, 4.69) is 26.1 Å². The Bertz CT molecular complexity index is 144. The lowest BCUT2D eigenvalue weighted by atomic mass is 10.00. The molecule has 0 aromatic carbocycles. The maximum atomic E-state index is 9.09. The Balaban J connectivity index is 3.85. The van der Waals surface area contributed by atoms with E-state index in [1.54, 1.807) is 0 Å². The van der Waals surface area contributed by atoms with Crippen LogP contribution in [0.4, 0.5) is 0 Å². The van der Waals surface area contributed by atoms with Gasteiger partial charge in [0.15, 0.2) is 0 Å². The number of aliphatic hydroxyl groups is 2. The van der Waals surface area contributed by atoms with Crippen LogP contribution in [0.5, 0.6) is 0 Å². The summed E-state index contributed by atoms with van der Waals surface area (Å²) in [4.78, 5) is 0.